The number of benzene rings is 1. The fraction of sp³-hybridized carbons (Fsp3) is 0. The first-order valence-electron chi connectivity index (χ1n) is 2.75. The Hall–Kier alpha value is -0.386. The molecule has 0 aliphatic rings. The second-order valence-corrected chi connectivity index (χ2v) is 4.49. The molecule has 46 valence electrons. The Bertz CT molecular complexity index is 164. The maximum Gasteiger partial charge on any atom is 0.178 e. The Morgan fingerprint density at radius 2 is 2.11 bits per heavy atom. The summed E-state index contributed by atoms with van der Waals surface area (Å²) in [4.78, 5) is 0. The van der Waals surface area contributed by atoms with Gasteiger partial charge in [-0.1, -0.05) is 24.3 Å². The summed E-state index contributed by atoms with van der Waals surface area (Å²) in [7, 11) is 1.17. The number of hydrogen-bond donors (Lipinski definition) is 0. The van der Waals surface area contributed by atoms with E-state index in [4.69, 9.17) is 4.12 Å². The van der Waals surface area contributed by atoms with Crippen molar-refractivity contribution in [2.24, 2.45) is 0 Å². The molecule has 0 amide bonds. The molecule has 0 aromatic heterocycles. The van der Waals surface area contributed by atoms with Crippen molar-refractivity contribution in [1.29, 1.82) is 0 Å². The monoisotopic (exact) mass is 152 g/mol. The summed E-state index contributed by atoms with van der Waals surface area (Å²) in [6, 6.07) is 10.9. The third-order valence-corrected chi connectivity index (χ3v) is 2.68. The first-order valence-corrected chi connectivity index (χ1v) is 4.61. The Labute approximate surface area is 60.5 Å². The molecule has 0 saturated heterocycles. The Morgan fingerprint density at radius 3 is 2.67 bits per heavy atom. The van der Waals surface area contributed by atoms with Crippen LogP contribution in [0, 0.1) is 6.07 Å². The average molecular weight is 152 g/mol. The van der Waals surface area contributed by atoms with Gasteiger partial charge in [-0.25, -0.2) is 0 Å². The van der Waals surface area contributed by atoms with Gasteiger partial charge in [0, 0.05) is 0 Å². The van der Waals surface area contributed by atoms with Crippen molar-refractivity contribution in [3.05, 3.63) is 30.3 Å². The fourth-order valence-corrected chi connectivity index (χ4v) is 2.01. The molecule has 0 heterocycles. The van der Waals surface area contributed by atoms with Gasteiger partial charge in [-0.3, -0.25) is 0 Å². The minimum atomic E-state index is -0.409. The highest BCUT2D eigenvalue weighted by molar-refractivity contribution is 6.50. The lowest BCUT2D eigenvalue weighted by Gasteiger charge is -1.94. The van der Waals surface area contributed by atoms with E-state index in [2.05, 4.69) is 18.2 Å². The molecule has 0 aliphatic carbocycles. The Kier molecular flexibility index (Phi) is 2.69. The zero-order valence-corrected chi connectivity index (χ0v) is 7.96. The second kappa shape index (κ2) is 3.60. The maximum absolute atomic E-state index is 5.08. The normalized spacial score (nSPS) is 10.8. The zero-order valence-electron chi connectivity index (χ0n) is 5.13. The van der Waals surface area contributed by atoms with Crippen molar-refractivity contribution in [2.75, 3.05) is 0 Å². The summed E-state index contributed by atoms with van der Waals surface area (Å²) >= 11 is 0. The van der Waals surface area contributed by atoms with Gasteiger partial charge in [0.05, 0.1) is 0 Å². The summed E-state index contributed by atoms with van der Waals surface area (Å²) in [6.07, 6.45) is 0. The van der Waals surface area contributed by atoms with Gasteiger partial charge < -0.3 is 4.12 Å². The highest BCUT2D eigenvalue weighted by atomic mass is 28.3. The van der Waals surface area contributed by atoms with Crippen LogP contribution in [0.5, 0.6) is 0 Å². The van der Waals surface area contributed by atoms with Crippen LogP contribution in [0.1, 0.15) is 0 Å². The molecule has 0 atom stereocenters. The molecule has 1 nitrogen and oxygen atoms in total. The van der Waals surface area contributed by atoms with Crippen LogP contribution in [0.3, 0.4) is 0 Å². The molecule has 0 N–H and O–H groups in total. The zero-order chi connectivity index (χ0) is 6.53. The Balaban J connectivity index is 2.61. The molecule has 0 unspecified atom stereocenters. The van der Waals surface area contributed by atoms with Crippen molar-refractivity contribution in [2.45, 2.75) is 0 Å². The van der Waals surface area contributed by atoms with Crippen LogP contribution in [0.2, 0.25) is 0 Å². The van der Waals surface area contributed by atoms with E-state index in [-0.39, 0.29) is 0 Å². The largest absolute Gasteiger partial charge is 0.462 e. The molecule has 1 aromatic carbocycles. The van der Waals surface area contributed by atoms with Gasteiger partial charge in [-0.2, -0.15) is 0 Å². The predicted molar refractivity (Wildman–Crippen MR) is 43.1 cm³/mol. The maximum atomic E-state index is 5.08. The SMILES string of the molecule is [SiH2]O[SiH2]c1cc[c]cc1. The minimum absolute atomic E-state index is 0.409. The van der Waals surface area contributed by atoms with Crippen LogP contribution in [-0.2, 0) is 4.12 Å². The van der Waals surface area contributed by atoms with Crippen molar-refractivity contribution >= 4 is 25.4 Å². The minimum Gasteiger partial charge on any atom is -0.462 e. The molecule has 0 fully saturated rings. The third kappa shape index (κ3) is 2.13. The molecular weight excluding hydrogens is 144 g/mol. The van der Waals surface area contributed by atoms with Crippen LogP contribution in [-0.4, -0.2) is 20.2 Å². The summed E-state index contributed by atoms with van der Waals surface area (Å²) < 4.78 is 5.08. The van der Waals surface area contributed by atoms with Crippen LogP contribution >= 0.6 is 0 Å². The highest BCUT2D eigenvalue weighted by Gasteiger charge is 1.86. The van der Waals surface area contributed by atoms with Crippen LogP contribution < -0.4 is 5.19 Å². The van der Waals surface area contributed by atoms with E-state index >= 15 is 0 Å². The van der Waals surface area contributed by atoms with Gasteiger partial charge in [0.25, 0.3) is 0 Å². The van der Waals surface area contributed by atoms with Gasteiger partial charge in [0.1, 0.15) is 0 Å². The van der Waals surface area contributed by atoms with Crippen LogP contribution in [0.15, 0.2) is 24.3 Å². The molecule has 0 saturated carbocycles. The standard InChI is InChI=1S/C6H8OSi2/c8-7-9-6-4-2-1-3-5-6/h2-5H,8-9H2. The molecule has 0 bridgehead atoms. The van der Waals surface area contributed by atoms with Crippen molar-refractivity contribution < 1.29 is 4.12 Å². The lowest BCUT2D eigenvalue weighted by molar-refractivity contribution is 0.676. The molecule has 0 spiro atoms. The van der Waals surface area contributed by atoms with Crippen molar-refractivity contribution in [3.8, 4) is 0 Å². The van der Waals surface area contributed by atoms with Crippen LogP contribution in [0.25, 0.3) is 0 Å². The summed E-state index contributed by atoms with van der Waals surface area (Å²) in [5, 5.41) is 1.34. The van der Waals surface area contributed by atoms with Gasteiger partial charge in [0.15, 0.2) is 20.2 Å². The van der Waals surface area contributed by atoms with E-state index in [0.29, 0.717) is 0 Å². The summed E-state index contributed by atoms with van der Waals surface area (Å²) in [5.41, 5.74) is 0. The molecule has 0 aliphatic heterocycles. The average Bonchev–Trinajstić information content (AvgIpc) is 1.91. The smallest absolute Gasteiger partial charge is 0.178 e. The van der Waals surface area contributed by atoms with E-state index in [0.717, 1.165) is 0 Å². The lowest BCUT2D eigenvalue weighted by atomic mass is 10.4. The fourth-order valence-electron chi connectivity index (χ4n) is 0.635. The van der Waals surface area contributed by atoms with Gasteiger partial charge in [-0.05, 0) is 11.3 Å². The van der Waals surface area contributed by atoms with Gasteiger partial charge in [-0.15, -0.1) is 0 Å². The molecule has 1 aromatic rings. The predicted octanol–water partition coefficient (Wildman–Crippen LogP) is -1.24. The third-order valence-electron chi connectivity index (χ3n) is 1.06. The molecule has 2 radical (unpaired) electrons. The quantitative estimate of drug-likeness (QED) is 0.482. The van der Waals surface area contributed by atoms with E-state index in [9.17, 15) is 0 Å². The first-order chi connectivity index (χ1) is 4.43. The molecular formula is C6H8OSi2. The van der Waals surface area contributed by atoms with E-state index in [1.54, 1.807) is 10.5 Å². The van der Waals surface area contributed by atoms with Crippen molar-refractivity contribution in [1.82, 2.24) is 0 Å². The molecule has 9 heavy (non-hydrogen) atoms. The summed E-state index contributed by atoms with van der Waals surface area (Å²) in [5.74, 6) is 0. The molecule has 1 rings (SSSR count). The molecule has 3 heteroatoms. The lowest BCUT2D eigenvalue weighted by Crippen LogP contribution is -2.15. The topological polar surface area (TPSA) is 9.23 Å². The second-order valence-electron chi connectivity index (χ2n) is 1.76. The summed E-state index contributed by atoms with van der Waals surface area (Å²) in [6.45, 7) is 0. The number of hydrogen-bond acceptors (Lipinski definition) is 1. The highest BCUT2D eigenvalue weighted by Crippen LogP contribution is 1.78. The van der Waals surface area contributed by atoms with E-state index < -0.39 is 9.76 Å². The van der Waals surface area contributed by atoms with Crippen molar-refractivity contribution in [3.63, 3.8) is 0 Å². The van der Waals surface area contributed by atoms with Gasteiger partial charge in [0.2, 0.25) is 0 Å². The van der Waals surface area contributed by atoms with E-state index in [1.807, 2.05) is 12.1 Å². The van der Waals surface area contributed by atoms with E-state index in [1.165, 1.54) is 5.19 Å². The number of rotatable bonds is 2. The first kappa shape index (κ1) is 6.73. The van der Waals surface area contributed by atoms with Crippen LogP contribution in [0.4, 0.5) is 0 Å². The Morgan fingerprint density at radius 1 is 1.44 bits per heavy atom. The van der Waals surface area contributed by atoms with Gasteiger partial charge >= 0.3 is 0 Å².